The van der Waals surface area contributed by atoms with Crippen LogP contribution < -0.4 is 15.2 Å². The van der Waals surface area contributed by atoms with Gasteiger partial charge in [0.25, 0.3) is 0 Å². The highest BCUT2D eigenvalue weighted by molar-refractivity contribution is 7.80. The lowest BCUT2D eigenvalue weighted by Crippen LogP contribution is -2.13. The summed E-state index contributed by atoms with van der Waals surface area (Å²) in [5.41, 5.74) is 7.89. The van der Waals surface area contributed by atoms with Gasteiger partial charge in [-0.3, -0.25) is 0 Å². The van der Waals surface area contributed by atoms with Crippen molar-refractivity contribution in [1.29, 1.82) is 0 Å². The van der Waals surface area contributed by atoms with Crippen LogP contribution >= 0.6 is 12.6 Å². The van der Waals surface area contributed by atoms with Crippen molar-refractivity contribution in [2.24, 2.45) is 5.73 Å². The molecule has 1 atom stereocenters. The van der Waals surface area contributed by atoms with E-state index in [-0.39, 0.29) is 6.04 Å². The van der Waals surface area contributed by atoms with Crippen molar-refractivity contribution >= 4 is 12.6 Å². The van der Waals surface area contributed by atoms with Gasteiger partial charge in [-0.05, 0) is 24.6 Å². The van der Waals surface area contributed by atoms with Crippen molar-refractivity contribution in [3.05, 3.63) is 23.3 Å². The molecule has 0 saturated carbocycles. The second kappa shape index (κ2) is 5.28. The number of benzene rings is 1. The number of nitrogens with two attached hydrogens (primary N) is 1. The Morgan fingerprint density at radius 1 is 1.27 bits per heavy atom. The first-order valence-corrected chi connectivity index (χ1v) is 5.36. The average Bonchev–Trinajstić information content (AvgIpc) is 2.27. The molecule has 4 heteroatoms. The summed E-state index contributed by atoms with van der Waals surface area (Å²) < 4.78 is 10.5. The summed E-state index contributed by atoms with van der Waals surface area (Å²) in [6, 6.07) is 3.70. The zero-order chi connectivity index (χ0) is 11.4. The topological polar surface area (TPSA) is 44.5 Å². The lowest BCUT2D eigenvalue weighted by Gasteiger charge is -2.16. The Kier molecular flexibility index (Phi) is 4.29. The third-order valence-corrected chi connectivity index (χ3v) is 2.74. The van der Waals surface area contributed by atoms with Crippen molar-refractivity contribution < 1.29 is 9.47 Å². The molecule has 0 aromatic heterocycles. The van der Waals surface area contributed by atoms with E-state index in [1.807, 2.05) is 19.1 Å². The Morgan fingerprint density at radius 2 is 1.87 bits per heavy atom. The molecular weight excluding hydrogens is 210 g/mol. The smallest absolute Gasteiger partial charge is 0.124 e. The van der Waals surface area contributed by atoms with Gasteiger partial charge in [0.1, 0.15) is 11.5 Å². The lowest BCUT2D eigenvalue weighted by molar-refractivity contribution is 0.394. The fourth-order valence-corrected chi connectivity index (χ4v) is 1.66. The highest BCUT2D eigenvalue weighted by Gasteiger charge is 2.13. The first kappa shape index (κ1) is 12.2. The molecule has 0 bridgehead atoms. The molecule has 0 fully saturated rings. The minimum atomic E-state index is -0.141. The molecule has 2 N–H and O–H groups in total. The highest BCUT2D eigenvalue weighted by Crippen LogP contribution is 2.31. The maximum atomic E-state index is 5.93. The largest absolute Gasteiger partial charge is 0.496 e. The second-order valence-corrected chi connectivity index (χ2v) is 3.72. The van der Waals surface area contributed by atoms with Gasteiger partial charge in [0.05, 0.1) is 14.2 Å². The van der Waals surface area contributed by atoms with Crippen LogP contribution in [0.3, 0.4) is 0 Å². The number of thiol groups is 1. The Labute approximate surface area is 96.0 Å². The molecular formula is C11H17NO2S. The summed E-state index contributed by atoms with van der Waals surface area (Å²) in [5, 5.41) is 0. The van der Waals surface area contributed by atoms with E-state index in [0.29, 0.717) is 5.75 Å². The molecule has 0 radical (unpaired) electrons. The van der Waals surface area contributed by atoms with Crippen LogP contribution in [-0.2, 0) is 0 Å². The van der Waals surface area contributed by atoms with E-state index in [9.17, 15) is 0 Å². The Bertz CT molecular complexity index is 342. The first-order chi connectivity index (χ1) is 7.13. The van der Waals surface area contributed by atoms with Gasteiger partial charge in [-0.15, -0.1) is 0 Å². The molecule has 15 heavy (non-hydrogen) atoms. The summed E-state index contributed by atoms with van der Waals surface area (Å²) in [7, 11) is 3.28. The van der Waals surface area contributed by atoms with Crippen LogP contribution in [0.4, 0.5) is 0 Å². The van der Waals surface area contributed by atoms with Crippen molar-refractivity contribution in [2.75, 3.05) is 20.0 Å². The molecule has 1 unspecified atom stereocenters. The zero-order valence-corrected chi connectivity index (χ0v) is 10.2. The van der Waals surface area contributed by atoms with Crippen LogP contribution in [-0.4, -0.2) is 20.0 Å². The average molecular weight is 227 g/mol. The van der Waals surface area contributed by atoms with Gasteiger partial charge >= 0.3 is 0 Å². The van der Waals surface area contributed by atoms with Crippen molar-refractivity contribution in [3.8, 4) is 11.5 Å². The van der Waals surface area contributed by atoms with E-state index in [1.54, 1.807) is 14.2 Å². The van der Waals surface area contributed by atoms with Crippen LogP contribution in [0.25, 0.3) is 0 Å². The molecule has 0 heterocycles. The van der Waals surface area contributed by atoms with Gasteiger partial charge in [0.15, 0.2) is 0 Å². The maximum absolute atomic E-state index is 5.93. The fraction of sp³-hybridized carbons (Fsp3) is 0.455. The number of rotatable bonds is 4. The molecule has 1 aromatic carbocycles. The summed E-state index contributed by atoms with van der Waals surface area (Å²) in [6.45, 7) is 1.97. The molecule has 0 aliphatic carbocycles. The van der Waals surface area contributed by atoms with Crippen LogP contribution in [0.2, 0.25) is 0 Å². The zero-order valence-electron chi connectivity index (χ0n) is 9.28. The molecule has 1 aromatic rings. The van der Waals surface area contributed by atoms with E-state index in [0.717, 1.165) is 22.6 Å². The first-order valence-electron chi connectivity index (χ1n) is 4.73. The summed E-state index contributed by atoms with van der Waals surface area (Å²) >= 11 is 4.18. The quantitative estimate of drug-likeness (QED) is 0.773. The third-order valence-electron chi connectivity index (χ3n) is 2.34. The van der Waals surface area contributed by atoms with Crippen molar-refractivity contribution in [1.82, 2.24) is 0 Å². The molecule has 1 rings (SSSR count). The number of aryl methyl sites for hydroxylation is 1. The Hall–Kier alpha value is -0.870. The summed E-state index contributed by atoms with van der Waals surface area (Å²) in [5.74, 6) is 2.18. The highest BCUT2D eigenvalue weighted by atomic mass is 32.1. The summed E-state index contributed by atoms with van der Waals surface area (Å²) in [6.07, 6.45) is 0. The van der Waals surface area contributed by atoms with Crippen LogP contribution in [0, 0.1) is 6.92 Å². The van der Waals surface area contributed by atoms with Crippen LogP contribution in [0.1, 0.15) is 17.2 Å². The van der Waals surface area contributed by atoms with Gasteiger partial charge in [-0.2, -0.15) is 12.6 Å². The van der Waals surface area contributed by atoms with Crippen LogP contribution in [0.5, 0.6) is 11.5 Å². The minimum Gasteiger partial charge on any atom is -0.496 e. The van der Waals surface area contributed by atoms with Crippen molar-refractivity contribution in [2.45, 2.75) is 13.0 Å². The molecule has 0 saturated heterocycles. The van der Waals surface area contributed by atoms with Crippen molar-refractivity contribution in [3.63, 3.8) is 0 Å². The Morgan fingerprint density at radius 3 is 2.33 bits per heavy atom. The number of methoxy groups -OCH3 is 2. The molecule has 0 spiro atoms. The molecule has 84 valence electrons. The van der Waals surface area contributed by atoms with Gasteiger partial charge in [0, 0.05) is 17.4 Å². The van der Waals surface area contributed by atoms with Gasteiger partial charge < -0.3 is 15.2 Å². The third kappa shape index (κ3) is 2.58. The fourth-order valence-electron chi connectivity index (χ4n) is 1.46. The molecule has 0 amide bonds. The number of hydrogen-bond acceptors (Lipinski definition) is 4. The number of ether oxygens (including phenoxy) is 2. The van der Waals surface area contributed by atoms with Crippen LogP contribution in [0.15, 0.2) is 12.1 Å². The SMILES string of the molecule is COc1cc(C(N)CS)c(OC)cc1C. The van der Waals surface area contributed by atoms with Gasteiger partial charge in [-0.25, -0.2) is 0 Å². The number of hydrogen-bond donors (Lipinski definition) is 2. The van der Waals surface area contributed by atoms with Gasteiger partial charge in [-0.1, -0.05) is 0 Å². The van der Waals surface area contributed by atoms with E-state index in [2.05, 4.69) is 12.6 Å². The normalized spacial score (nSPS) is 12.3. The van der Waals surface area contributed by atoms with E-state index >= 15 is 0 Å². The van der Waals surface area contributed by atoms with E-state index in [4.69, 9.17) is 15.2 Å². The molecule has 3 nitrogen and oxygen atoms in total. The van der Waals surface area contributed by atoms with E-state index in [1.165, 1.54) is 0 Å². The van der Waals surface area contributed by atoms with E-state index < -0.39 is 0 Å². The summed E-state index contributed by atoms with van der Waals surface area (Å²) in [4.78, 5) is 0. The van der Waals surface area contributed by atoms with Gasteiger partial charge in [0.2, 0.25) is 0 Å². The molecule has 0 aliphatic heterocycles. The standard InChI is InChI=1S/C11H17NO2S/c1-7-4-11(14-3)8(9(12)6-15)5-10(7)13-2/h4-5,9,15H,6,12H2,1-3H3. The predicted molar refractivity (Wildman–Crippen MR) is 65.1 cm³/mol. The lowest BCUT2D eigenvalue weighted by atomic mass is 10.0. The predicted octanol–water partition coefficient (Wildman–Crippen LogP) is 1.94. The molecule has 0 aliphatic rings. The maximum Gasteiger partial charge on any atom is 0.124 e. The second-order valence-electron chi connectivity index (χ2n) is 3.35. The minimum absolute atomic E-state index is 0.141. The monoisotopic (exact) mass is 227 g/mol. The Balaban J connectivity index is 3.22.